The van der Waals surface area contributed by atoms with Crippen LogP contribution in [0.4, 0.5) is 5.69 Å². The predicted molar refractivity (Wildman–Crippen MR) is 93.3 cm³/mol. The third-order valence-corrected chi connectivity index (χ3v) is 4.29. The van der Waals surface area contributed by atoms with Crippen LogP contribution in [0.1, 0.15) is 5.56 Å². The number of phenols is 1. The fraction of sp³-hybridized carbons (Fsp3) is 0.0526. The average Bonchev–Trinajstić information content (AvgIpc) is 2.90. The maximum atomic E-state index is 11.1. The monoisotopic (exact) mass is 318 g/mol. The lowest BCUT2D eigenvalue weighted by molar-refractivity contribution is -0.384. The number of aromatic hydroxyl groups is 1. The van der Waals surface area contributed by atoms with E-state index in [9.17, 15) is 15.2 Å². The van der Waals surface area contributed by atoms with Crippen molar-refractivity contribution in [2.24, 2.45) is 0 Å². The number of nitrogens with zero attached hydrogens (tertiary/aromatic N) is 2. The minimum atomic E-state index is -0.380. The second-order valence-corrected chi connectivity index (χ2v) is 5.69. The molecule has 0 saturated heterocycles. The van der Waals surface area contributed by atoms with Gasteiger partial charge in [-0.15, -0.1) is 0 Å². The minimum absolute atomic E-state index is 0.0768. The fourth-order valence-corrected chi connectivity index (χ4v) is 3.14. The Morgan fingerprint density at radius 2 is 1.62 bits per heavy atom. The lowest BCUT2D eigenvalue weighted by Gasteiger charge is -2.09. The van der Waals surface area contributed by atoms with Gasteiger partial charge in [-0.25, -0.2) is 0 Å². The number of para-hydroxylation sites is 2. The maximum Gasteiger partial charge on any atom is 0.270 e. The number of aromatic nitrogens is 1. The van der Waals surface area contributed by atoms with Crippen molar-refractivity contribution in [1.29, 1.82) is 0 Å². The molecule has 0 aliphatic heterocycles. The molecule has 0 amide bonds. The van der Waals surface area contributed by atoms with Crippen LogP contribution in [0, 0.1) is 10.1 Å². The number of hydrogen-bond acceptors (Lipinski definition) is 3. The molecule has 1 N–H and O–H groups in total. The highest BCUT2D eigenvalue weighted by molar-refractivity contribution is 6.08. The van der Waals surface area contributed by atoms with E-state index in [0.717, 1.165) is 27.4 Å². The molecule has 1 aromatic heterocycles. The normalized spacial score (nSPS) is 11.2. The fourth-order valence-electron chi connectivity index (χ4n) is 3.14. The molecule has 5 nitrogen and oxygen atoms in total. The van der Waals surface area contributed by atoms with Gasteiger partial charge in [0.25, 0.3) is 5.69 Å². The van der Waals surface area contributed by atoms with E-state index in [0.29, 0.717) is 6.54 Å². The number of non-ortho nitro benzene ring substituents is 1. The molecule has 118 valence electrons. The molecule has 0 atom stereocenters. The Bertz CT molecular complexity index is 1080. The van der Waals surface area contributed by atoms with Gasteiger partial charge in [0.2, 0.25) is 0 Å². The number of hydrogen-bond donors (Lipinski definition) is 1. The summed E-state index contributed by atoms with van der Waals surface area (Å²) in [5.41, 5.74) is 2.77. The van der Waals surface area contributed by atoms with Gasteiger partial charge in [-0.05, 0) is 18.2 Å². The molecule has 0 aliphatic rings. The Hall–Kier alpha value is -3.34. The van der Waals surface area contributed by atoms with Crippen LogP contribution in [0.2, 0.25) is 0 Å². The van der Waals surface area contributed by atoms with E-state index >= 15 is 0 Å². The van der Waals surface area contributed by atoms with E-state index in [-0.39, 0.29) is 16.4 Å². The first-order valence-corrected chi connectivity index (χ1v) is 7.57. The number of fused-ring (bicyclic) bond motifs is 3. The second-order valence-electron chi connectivity index (χ2n) is 5.69. The molecule has 0 fully saturated rings. The summed E-state index contributed by atoms with van der Waals surface area (Å²) < 4.78 is 2.07. The lowest BCUT2D eigenvalue weighted by atomic mass is 10.1. The van der Waals surface area contributed by atoms with Crippen molar-refractivity contribution in [2.45, 2.75) is 6.54 Å². The Balaban J connectivity index is 1.99. The highest BCUT2D eigenvalue weighted by Gasteiger charge is 2.15. The summed E-state index contributed by atoms with van der Waals surface area (Å²) in [6.45, 7) is 0.495. The highest BCUT2D eigenvalue weighted by Crippen LogP contribution is 2.33. The topological polar surface area (TPSA) is 68.3 Å². The molecule has 0 radical (unpaired) electrons. The van der Waals surface area contributed by atoms with E-state index in [2.05, 4.69) is 4.57 Å². The summed E-state index contributed by atoms with van der Waals surface area (Å²) in [6.07, 6.45) is 0. The number of benzene rings is 3. The Labute approximate surface area is 137 Å². The van der Waals surface area contributed by atoms with Crippen molar-refractivity contribution < 1.29 is 10.0 Å². The van der Waals surface area contributed by atoms with Gasteiger partial charge < -0.3 is 9.67 Å². The Morgan fingerprint density at radius 3 is 2.42 bits per heavy atom. The Kier molecular flexibility index (Phi) is 3.20. The summed E-state index contributed by atoms with van der Waals surface area (Å²) in [5.74, 6) is 0.241. The Morgan fingerprint density at radius 1 is 0.917 bits per heavy atom. The third-order valence-electron chi connectivity index (χ3n) is 4.29. The van der Waals surface area contributed by atoms with Gasteiger partial charge >= 0.3 is 0 Å². The zero-order valence-electron chi connectivity index (χ0n) is 12.7. The largest absolute Gasteiger partial charge is 0.508 e. The minimum Gasteiger partial charge on any atom is -0.508 e. The van der Waals surface area contributed by atoms with E-state index in [4.69, 9.17) is 0 Å². The number of nitro benzene ring substituents is 1. The van der Waals surface area contributed by atoms with Crippen LogP contribution in [-0.4, -0.2) is 14.6 Å². The standard InChI is InChI=1S/C19H14N2O3/c22-19-8-4-1-5-13(19)12-20-17-7-3-2-6-15(17)16-11-14(21(23)24)9-10-18(16)20/h1-11,22H,12H2. The van der Waals surface area contributed by atoms with E-state index in [1.807, 2.05) is 36.4 Å². The summed E-state index contributed by atoms with van der Waals surface area (Å²) in [7, 11) is 0. The second kappa shape index (κ2) is 5.38. The SMILES string of the molecule is O=[N+]([O-])c1ccc2c(c1)c1ccccc1n2Cc1ccccc1O. The average molecular weight is 318 g/mol. The van der Waals surface area contributed by atoms with Crippen LogP contribution in [0.5, 0.6) is 5.75 Å². The van der Waals surface area contributed by atoms with Crippen molar-refractivity contribution in [3.8, 4) is 5.75 Å². The summed E-state index contributed by atoms with van der Waals surface area (Å²) in [5, 5.41) is 23.0. The molecule has 4 aromatic rings. The number of phenolic OH excluding ortho intramolecular Hbond substituents is 1. The first-order valence-electron chi connectivity index (χ1n) is 7.57. The van der Waals surface area contributed by atoms with Gasteiger partial charge in [-0.1, -0.05) is 36.4 Å². The van der Waals surface area contributed by atoms with E-state index < -0.39 is 0 Å². The van der Waals surface area contributed by atoms with Gasteiger partial charge in [0, 0.05) is 39.5 Å². The van der Waals surface area contributed by atoms with Crippen LogP contribution in [-0.2, 0) is 6.54 Å². The smallest absolute Gasteiger partial charge is 0.270 e. The molecule has 1 heterocycles. The first-order chi connectivity index (χ1) is 11.6. The maximum absolute atomic E-state index is 11.1. The number of nitro groups is 1. The van der Waals surface area contributed by atoms with Crippen molar-refractivity contribution in [3.63, 3.8) is 0 Å². The van der Waals surface area contributed by atoms with Gasteiger partial charge in [-0.2, -0.15) is 0 Å². The van der Waals surface area contributed by atoms with Crippen LogP contribution >= 0.6 is 0 Å². The zero-order valence-corrected chi connectivity index (χ0v) is 12.7. The zero-order chi connectivity index (χ0) is 16.7. The molecule has 0 unspecified atom stereocenters. The quantitative estimate of drug-likeness (QED) is 0.448. The molecule has 24 heavy (non-hydrogen) atoms. The summed E-state index contributed by atoms with van der Waals surface area (Å²) in [6, 6.07) is 19.9. The van der Waals surface area contributed by atoms with Crippen molar-refractivity contribution >= 4 is 27.5 Å². The molecular formula is C19H14N2O3. The van der Waals surface area contributed by atoms with Crippen molar-refractivity contribution in [1.82, 2.24) is 4.57 Å². The van der Waals surface area contributed by atoms with Crippen LogP contribution in [0.25, 0.3) is 21.8 Å². The van der Waals surface area contributed by atoms with Gasteiger partial charge in [0.1, 0.15) is 5.75 Å². The summed E-state index contributed by atoms with van der Waals surface area (Å²) >= 11 is 0. The highest BCUT2D eigenvalue weighted by atomic mass is 16.6. The molecule has 4 rings (SSSR count). The predicted octanol–water partition coefficient (Wildman–Crippen LogP) is 4.46. The molecule has 0 bridgehead atoms. The molecule has 3 aromatic carbocycles. The number of rotatable bonds is 3. The molecule has 0 aliphatic carbocycles. The van der Waals surface area contributed by atoms with Crippen LogP contribution in [0.15, 0.2) is 66.7 Å². The van der Waals surface area contributed by atoms with Gasteiger partial charge in [-0.3, -0.25) is 10.1 Å². The van der Waals surface area contributed by atoms with Gasteiger partial charge in [0.05, 0.1) is 11.5 Å². The van der Waals surface area contributed by atoms with Crippen LogP contribution in [0.3, 0.4) is 0 Å². The van der Waals surface area contributed by atoms with Gasteiger partial charge in [0.15, 0.2) is 0 Å². The van der Waals surface area contributed by atoms with Crippen molar-refractivity contribution in [3.05, 3.63) is 82.4 Å². The van der Waals surface area contributed by atoms with Crippen molar-refractivity contribution in [2.75, 3.05) is 0 Å². The first kappa shape index (κ1) is 14.3. The van der Waals surface area contributed by atoms with Crippen LogP contribution < -0.4 is 0 Å². The molecular weight excluding hydrogens is 304 g/mol. The molecule has 5 heteroatoms. The summed E-state index contributed by atoms with van der Waals surface area (Å²) in [4.78, 5) is 10.7. The molecule has 0 saturated carbocycles. The van der Waals surface area contributed by atoms with E-state index in [1.54, 1.807) is 24.3 Å². The van der Waals surface area contributed by atoms with E-state index in [1.165, 1.54) is 6.07 Å². The third kappa shape index (κ3) is 2.18. The molecule has 0 spiro atoms. The lowest BCUT2D eigenvalue weighted by Crippen LogP contribution is -1.99.